The first-order valence-corrected chi connectivity index (χ1v) is 8.53. The van der Waals surface area contributed by atoms with Crippen molar-refractivity contribution in [2.45, 2.75) is 25.8 Å². The Hall–Kier alpha value is -1.84. The van der Waals surface area contributed by atoms with E-state index in [-0.39, 0.29) is 6.04 Å². The van der Waals surface area contributed by atoms with Gasteiger partial charge in [0, 0.05) is 19.1 Å². The Bertz CT molecular complexity index is 614. The van der Waals surface area contributed by atoms with Crippen LogP contribution in [-0.4, -0.2) is 24.5 Å². The van der Waals surface area contributed by atoms with Crippen molar-refractivity contribution in [1.29, 1.82) is 0 Å². The van der Waals surface area contributed by atoms with E-state index >= 15 is 0 Å². The molecule has 0 amide bonds. The van der Waals surface area contributed by atoms with Gasteiger partial charge in [-0.25, -0.2) is 0 Å². The molecule has 0 aliphatic carbocycles. The second kappa shape index (κ2) is 7.62. The number of hydrogen-bond acceptors (Lipinski definition) is 3. The summed E-state index contributed by atoms with van der Waals surface area (Å²) in [6.07, 6.45) is 2.59. The first kappa shape index (κ1) is 16.0. The fraction of sp³-hybridized carbons (Fsp3) is 0.400. The fourth-order valence-corrected chi connectivity index (χ4v) is 3.41. The molecule has 0 saturated carbocycles. The van der Waals surface area contributed by atoms with Crippen LogP contribution in [0.25, 0.3) is 0 Å². The van der Waals surface area contributed by atoms with Crippen LogP contribution in [0.4, 0.5) is 0 Å². The molecule has 1 fully saturated rings. The topological polar surface area (TPSA) is 38.5 Å². The van der Waals surface area contributed by atoms with E-state index in [0.717, 1.165) is 30.5 Å². The van der Waals surface area contributed by atoms with Gasteiger partial charge in [-0.15, -0.1) is 0 Å². The molecule has 1 aliphatic rings. The van der Waals surface area contributed by atoms with E-state index in [4.69, 9.17) is 10.5 Å². The highest BCUT2D eigenvalue weighted by Gasteiger charge is 2.24. The summed E-state index contributed by atoms with van der Waals surface area (Å²) >= 11 is 0. The Labute approximate surface area is 139 Å². The van der Waals surface area contributed by atoms with Gasteiger partial charge < -0.3 is 10.5 Å². The van der Waals surface area contributed by atoms with Crippen LogP contribution in [0.1, 0.15) is 31.4 Å². The van der Waals surface area contributed by atoms with Crippen LogP contribution in [0.3, 0.4) is 0 Å². The Morgan fingerprint density at radius 2 is 1.91 bits per heavy atom. The quantitative estimate of drug-likeness (QED) is 0.899. The van der Waals surface area contributed by atoms with Crippen LogP contribution in [0.15, 0.2) is 54.6 Å². The predicted octanol–water partition coefficient (Wildman–Crippen LogP) is 4.21. The molecule has 0 radical (unpaired) electrons. The Morgan fingerprint density at radius 1 is 1.13 bits per heavy atom. The number of ether oxygens (including phenoxy) is 1. The number of benzene rings is 2. The molecule has 1 heterocycles. The normalized spacial score (nSPS) is 20.2. The van der Waals surface area contributed by atoms with Crippen molar-refractivity contribution in [2.75, 3.05) is 19.6 Å². The van der Waals surface area contributed by atoms with E-state index in [0.29, 0.717) is 6.54 Å². The summed E-state index contributed by atoms with van der Waals surface area (Å²) in [5, 5.41) is 0. The molecule has 3 heteroatoms. The summed E-state index contributed by atoms with van der Waals surface area (Å²) in [6.45, 7) is 5.23. The van der Waals surface area contributed by atoms with E-state index in [1.54, 1.807) is 0 Å². The van der Waals surface area contributed by atoms with Crippen molar-refractivity contribution in [3.8, 4) is 11.5 Å². The summed E-state index contributed by atoms with van der Waals surface area (Å²) in [7, 11) is 0. The van der Waals surface area contributed by atoms with Gasteiger partial charge in [0.15, 0.2) is 0 Å². The van der Waals surface area contributed by atoms with Crippen LogP contribution in [0.5, 0.6) is 11.5 Å². The van der Waals surface area contributed by atoms with Crippen LogP contribution in [0, 0.1) is 5.92 Å². The number of piperidine rings is 1. The highest BCUT2D eigenvalue weighted by atomic mass is 16.5. The van der Waals surface area contributed by atoms with Crippen LogP contribution in [0.2, 0.25) is 0 Å². The number of likely N-dealkylation sites (tertiary alicyclic amines) is 1. The molecule has 2 aromatic carbocycles. The van der Waals surface area contributed by atoms with Crippen LogP contribution < -0.4 is 10.5 Å². The van der Waals surface area contributed by atoms with Crippen molar-refractivity contribution in [1.82, 2.24) is 4.90 Å². The third-order valence-electron chi connectivity index (χ3n) is 4.57. The van der Waals surface area contributed by atoms with Crippen molar-refractivity contribution in [3.05, 3.63) is 60.2 Å². The molecular weight excluding hydrogens is 284 g/mol. The molecule has 1 aliphatic heterocycles. The molecule has 3 nitrogen and oxygen atoms in total. The summed E-state index contributed by atoms with van der Waals surface area (Å²) in [5.74, 6) is 2.49. The predicted molar refractivity (Wildman–Crippen MR) is 94.7 cm³/mol. The van der Waals surface area contributed by atoms with Gasteiger partial charge in [-0.2, -0.15) is 0 Å². The highest BCUT2D eigenvalue weighted by Crippen LogP contribution is 2.29. The number of nitrogens with two attached hydrogens (primary N) is 1. The highest BCUT2D eigenvalue weighted by molar-refractivity contribution is 5.35. The fourth-order valence-electron chi connectivity index (χ4n) is 3.41. The standard InChI is InChI=1S/C20H26N2O/c1-16-7-6-12-22(15-16)20(14-21)17-8-5-11-19(13-17)23-18-9-3-2-4-10-18/h2-5,8-11,13,16,20H,6-7,12,14-15,21H2,1H3. The molecule has 3 rings (SSSR count). The van der Waals surface area contributed by atoms with Crippen molar-refractivity contribution in [3.63, 3.8) is 0 Å². The summed E-state index contributed by atoms with van der Waals surface area (Å²) in [6, 6.07) is 18.5. The van der Waals surface area contributed by atoms with Gasteiger partial charge >= 0.3 is 0 Å². The molecule has 0 spiro atoms. The molecule has 1 saturated heterocycles. The zero-order valence-corrected chi connectivity index (χ0v) is 13.8. The van der Waals surface area contributed by atoms with Crippen molar-refractivity contribution < 1.29 is 4.74 Å². The van der Waals surface area contributed by atoms with Crippen molar-refractivity contribution in [2.24, 2.45) is 11.7 Å². The maximum Gasteiger partial charge on any atom is 0.127 e. The molecule has 2 N–H and O–H groups in total. The lowest BCUT2D eigenvalue weighted by atomic mass is 9.96. The first-order valence-electron chi connectivity index (χ1n) is 8.53. The SMILES string of the molecule is CC1CCCN(C(CN)c2cccc(Oc3ccccc3)c2)C1. The third kappa shape index (κ3) is 4.12. The molecule has 2 unspecified atom stereocenters. The average molecular weight is 310 g/mol. The largest absolute Gasteiger partial charge is 0.457 e. The maximum atomic E-state index is 6.10. The lowest BCUT2D eigenvalue weighted by Crippen LogP contribution is -2.40. The number of rotatable bonds is 5. The minimum Gasteiger partial charge on any atom is -0.457 e. The minimum absolute atomic E-state index is 0.275. The molecule has 2 aromatic rings. The van der Waals surface area contributed by atoms with Gasteiger partial charge in [-0.1, -0.05) is 37.3 Å². The van der Waals surface area contributed by atoms with E-state index in [9.17, 15) is 0 Å². The van der Waals surface area contributed by atoms with E-state index in [2.05, 4.69) is 30.0 Å². The lowest BCUT2D eigenvalue weighted by Gasteiger charge is -2.37. The minimum atomic E-state index is 0.275. The molecule has 2 atom stereocenters. The van der Waals surface area contributed by atoms with Gasteiger partial charge in [0.2, 0.25) is 0 Å². The van der Waals surface area contributed by atoms with Gasteiger partial charge in [0.25, 0.3) is 0 Å². The molecule has 23 heavy (non-hydrogen) atoms. The summed E-state index contributed by atoms with van der Waals surface area (Å²) in [5.41, 5.74) is 7.35. The Kier molecular flexibility index (Phi) is 5.31. The molecule has 122 valence electrons. The van der Waals surface area contributed by atoms with E-state index < -0.39 is 0 Å². The second-order valence-electron chi connectivity index (χ2n) is 6.48. The zero-order valence-electron chi connectivity index (χ0n) is 13.8. The molecular formula is C20H26N2O. The van der Waals surface area contributed by atoms with Crippen LogP contribution in [-0.2, 0) is 0 Å². The average Bonchev–Trinajstić information content (AvgIpc) is 2.57. The summed E-state index contributed by atoms with van der Waals surface area (Å²) in [4.78, 5) is 2.52. The Morgan fingerprint density at radius 3 is 2.65 bits per heavy atom. The molecule has 0 aromatic heterocycles. The van der Waals surface area contributed by atoms with Crippen LogP contribution >= 0.6 is 0 Å². The van der Waals surface area contributed by atoms with Gasteiger partial charge in [0.1, 0.15) is 11.5 Å². The monoisotopic (exact) mass is 310 g/mol. The number of para-hydroxylation sites is 1. The number of hydrogen-bond donors (Lipinski definition) is 1. The van der Waals surface area contributed by atoms with E-state index in [1.807, 2.05) is 36.4 Å². The van der Waals surface area contributed by atoms with E-state index in [1.165, 1.54) is 18.4 Å². The smallest absolute Gasteiger partial charge is 0.127 e. The maximum absolute atomic E-state index is 6.10. The van der Waals surface area contributed by atoms with Gasteiger partial charge in [-0.3, -0.25) is 4.90 Å². The van der Waals surface area contributed by atoms with Crippen molar-refractivity contribution >= 4 is 0 Å². The summed E-state index contributed by atoms with van der Waals surface area (Å²) < 4.78 is 5.96. The first-order chi connectivity index (χ1) is 11.3. The van der Waals surface area contributed by atoms with Gasteiger partial charge in [-0.05, 0) is 55.1 Å². The van der Waals surface area contributed by atoms with Gasteiger partial charge in [0.05, 0.1) is 0 Å². The Balaban J connectivity index is 1.77. The number of nitrogens with zero attached hydrogens (tertiary/aromatic N) is 1. The zero-order chi connectivity index (χ0) is 16.1. The second-order valence-corrected chi connectivity index (χ2v) is 6.48. The molecule has 0 bridgehead atoms. The third-order valence-corrected chi connectivity index (χ3v) is 4.57. The lowest BCUT2D eigenvalue weighted by molar-refractivity contribution is 0.133.